The number of hydrogen-bond donors (Lipinski definition) is 0. The van der Waals surface area contributed by atoms with Crippen molar-refractivity contribution in [2.75, 3.05) is 19.8 Å². The predicted octanol–water partition coefficient (Wildman–Crippen LogP) is 9.76. The van der Waals surface area contributed by atoms with E-state index < -0.39 is 0 Å². The second-order valence-corrected chi connectivity index (χ2v) is 14.4. The van der Waals surface area contributed by atoms with Gasteiger partial charge in [0.15, 0.2) is 0 Å². The van der Waals surface area contributed by atoms with Crippen LogP contribution in [0.3, 0.4) is 0 Å². The fourth-order valence-electron chi connectivity index (χ4n) is 6.42. The summed E-state index contributed by atoms with van der Waals surface area (Å²) in [5.41, 5.74) is 7.53. The maximum atomic E-state index is 6.25. The van der Waals surface area contributed by atoms with Crippen LogP contribution in [0.2, 0.25) is 0 Å². The lowest BCUT2D eigenvalue weighted by Crippen LogP contribution is -2.28. The first-order chi connectivity index (χ1) is 21.8. The first-order valence-corrected chi connectivity index (χ1v) is 17.3. The Hall–Kier alpha value is -3.14. The number of epoxide rings is 1. The summed E-state index contributed by atoms with van der Waals surface area (Å²) >= 11 is 0. The van der Waals surface area contributed by atoms with Crippen molar-refractivity contribution in [1.82, 2.24) is 0 Å². The van der Waals surface area contributed by atoms with Crippen LogP contribution in [-0.2, 0) is 26.7 Å². The summed E-state index contributed by atoms with van der Waals surface area (Å²) in [5, 5.41) is 0. The van der Waals surface area contributed by atoms with Gasteiger partial charge in [-0.1, -0.05) is 113 Å². The molecule has 238 valence electrons. The van der Waals surface area contributed by atoms with E-state index in [9.17, 15) is 0 Å². The van der Waals surface area contributed by atoms with Crippen LogP contribution in [-0.4, -0.2) is 32.0 Å². The van der Waals surface area contributed by atoms with E-state index in [-0.39, 0.29) is 16.9 Å². The fourth-order valence-corrected chi connectivity index (χ4v) is 6.42. The molecule has 4 atom stereocenters. The minimum absolute atomic E-state index is 0.0994. The molecule has 3 aromatic carbocycles. The summed E-state index contributed by atoms with van der Waals surface area (Å²) in [4.78, 5) is 0. The minimum atomic E-state index is -0.303. The lowest BCUT2D eigenvalue weighted by Gasteiger charge is -2.35. The zero-order valence-electron chi connectivity index (χ0n) is 28.1. The highest BCUT2D eigenvalue weighted by Crippen LogP contribution is 2.43. The van der Waals surface area contributed by atoms with Gasteiger partial charge in [0.1, 0.15) is 5.75 Å². The summed E-state index contributed by atoms with van der Waals surface area (Å²) < 4.78 is 17.7. The zero-order valence-corrected chi connectivity index (χ0v) is 28.1. The first-order valence-electron chi connectivity index (χ1n) is 17.3. The molecule has 0 N–H and O–H groups in total. The number of allylic oxidation sites excluding steroid dienone is 2. The number of benzene rings is 3. The summed E-state index contributed by atoms with van der Waals surface area (Å²) in [7, 11) is 0. The summed E-state index contributed by atoms with van der Waals surface area (Å²) in [6.45, 7) is 14.1. The van der Waals surface area contributed by atoms with Gasteiger partial charge in [-0.2, -0.15) is 0 Å². The van der Waals surface area contributed by atoms with Crippen LogP contribution in [0.4, 0.5) is 0 Å². The Morgan fingerprint density at radius 2 is 1.44 bits per heavy atom. The molecule has 3 aliphatic rings. The quantitative estimate of drug-likeness (QED) is 0.162. The van der Waals surface area contributed by atoms with Gasteiger partial charge >= 0.3 is 0 Å². The third kappa shape index (κ3) is 7.64. The number of aryl methyl sites for hydroxylation is 1. The molecule has 1 saturated heterocycles. The Kier molecular flexibility index (Phi) is 9.68. The molecule has 1 saturated carbocycles. The highest BCUT2D eigenvalue weighted by Gasteiger charge is 2.34. The van der Waals surface area contributed by atoms with E-state index in [1.807, 2.05) is 0 Å². The average molecular weight is 605 g/mol. The smallest absolute Gasteiger partial charge is 0.119 e. The number of hydrogen-bond acceptors (Lipinski definition) is 3. The molecule has 4 unspecified atom stereocenters. The molecule has 0 bridgehead atoms. The number of ether oxygens (including phenoxy) is 3. The Balaban J connectivity index is 1.24. The molecule has 0 radical (unpaired) electrons. The molecular weight excluding hydrogens is 552 g/mol. The Morgan fingerprint density at radius 1 is 0.844 bits per heavy atom. The largest absolute Gasteiger partial charge is 0.493 e. The van der Waals surface area contributed by atoms with Gasteiger partial charge in [0.25, 0.3) is 0 Å². The van der Waals surface area contributed by atoms with Gasteiger partial charge in [0, 0.05) is 17.4 Å². The van der Waals surface area contributed by atoms with E-state index in [1.54, 1.807) is 0 Å². The highest BCUT2D eigenvalue weighted by atomic mass is 16.6. The third-order valence-electron chi connectivity index (χ3n) is 10.6. The molecule has 3 heteroatoms. The summed E-state index contributed by atoms with van der Waals surface area (Å²) in [6.07, 6.45) is 14.4. The third-order valence-corrected chi connectivity index (χ3v) is 10.6. The Labute approximate surface area is 271 Å². The highest BCUT2D eigenvalue weighted by molar-refractivity contribution is 5.54. The van der Waals surface area contributed by atoms with Crippen molar-refractivity contribution < 1.29 is 14.2 Å². The van der Waals surface area contributed by atoms with Crippen molar-refractivity contribution in [3.05, 3.63) is 124 Å². The van der Waals surface area contributed by atoms with E-state index in [4.69, 9.17) is 14.2 Å². The van der Waals surface area contributed by atoms with Crippen molar-refractivity contribution in [2.24, 2.45) is 11.8 Å². The normalized spacial score (nSPS) is 21.6. The summed E-state index contributed by atoms with van der Waals surface area (Å²) in [6, 6.07) is 27.4. The average Bonchev–Trinajstić information content (AvgIpc) is 4.02. The molecule has 45 heavy (non-hydrogen) atoms. The molecule has 2 fully saturated rings. The number of rotatable bonds is 15. The lowest BCUT2D eigenvalue weighted by molar-refractivity contribution is 0.0610. The monoisotopic (exact) mass is 604 g/mol. The standard InChI is InChI=1S/C42H52O3/c1-6-30(2)27-43-38-23-18-36(19-24-38)42(5,37-20-25-39(26-21-37)44-28-32-7-8-32)35-16-14-34(15-17-35)41(3,4)33-12-9-31(10-13-33)11-22-40-29-45-40/h9-10,12-21,23,25-26,30,32,38,40H,6-8,11,22,24,27-29H2,1-5H3. The van der Waals surface area contributed by atoms with E-state index in [2.05, 4.69) is 126 Å². The van der Waals surface area contributed by atoms with Crippen molar-refractivity contribution in [3.63, 3.8) is 0 Å². The van der Waals surface area contributed by atoms with Crippen LogP contribution in [0.1, 0.15) is 94.5 Å². The molecule has 1 heterocycles. The zero-order chi connectivity index (χ0) is 31.4. The Morgan fingerprint density at radius 3 is 2.00 bits per heavy atom. The van der Waals surface area contributed by atoms with Gasteiger partial charge in [-0.15, -0.1) is 0 Å². The maximum absolute atomic E-state index is 6.25. The van der Waals surface area contributed by atoms with Gasteiger partial charge in [-0.05, 0) is 96.4 Å². The van der Waals surface area contributed by atoms with Crippen molar-refractivity contribution >= 4 is 0 Å². The van der Waals surface area contributed by atoms with Gasteiger partial charge in [0.2, 0.25) is 0 Å². The van der Waals surface area contributed by atoms with E-state index in [0.29, 0.717) is 12.0 Å². The van der Waals surface area contributed by atoms with Gasteiger partial charge in [-0.25, -0.2) is 0 Å². The minimum Gasteiger partial charge on any atom is -0.493 e. The molecule has 1 aliphatic heterocycles. The topological polar surface area (TPSA) is 31.0 Å². The molecule has 3 nitrogen and oxygen atoms in total. The second-order valence-electron chi connectivity index (χ2n) is 14.4. The molecule has 0 aromatic heterocycles. The van der Waals surface area contributed by atoms with Crippen LogP contribution in [0.5, 0.6) is 5.75 Å². The van der Waals surface area contributed by atoms with E-state index in [1.165, 1.54) is 46.2 Å². The Bertz CT molecular complexity index is 1460. The van der Waals surface area contributed by atoms with Crippen molar-refractivity contribution in [3.8, 4) is 5.75 Å². The SMILES string of the molecule is CCC(C)COC1C=CC(C(C)(c2ccc(OCC3CC3)cc2)c2ccc(C(C)(C)c3ccc(CCC4CO4)cc3)cc2)=CC1. The molecule has 0 spiro atoms. The predicted molar refractivity (Wildman–Crippen MR) is 185 cm³/mol. The second kappa shape index (κ2) is 13.7. The maximum Gasteiger partial charge on any atom is 0.119 e. The molecule has 3 aromatic rings. The van der Waals surface area contributed by atoms with Crippen LogP contribution in [0.25, 0.3) is 0 Å². The van der Waals surface area contributed by atoms with Crippen molar-refractivity contribution in [1.29, 1.82) is 0 Å². The van der Waals surface area contributed by atoms with Crippen molar-refractivity contribution in [2.45, 2.75) is 96.2 Å². The van der Waals surface area contributed by atoms with Crippen LogP contribution < -0.4 is 4.74 Å². The van der Waals surface area contributed by atoms with Gasteiger partial charge in [0.05, 0.1) is 25.4 Å². The molecule has 6 rings (SSSR count). The lowest BCUT2D eigenvalue weighted by atomic mass is 9.68. The first kappa shape index (κ1) is 31.8. The molecule has 2 aliphatic carbocycles. The fraction of sp³-hybridized carbons (Fsp3) is 0.476. The van der Waals surface area contributed by atoms with E-state index in [0.717, 1.165) is 57.2 Å². The molecular formula is C42H52O3. The van der Waals surface area contributed by atoms with E-state index >= 15 is 0 Å². The van der Waals surface area contributed by atoms with Crippen LogP contribution >= 0.6 is 0 Å². The summed E-state index contributed by atoms with van der Waals surface area (Å²) in [5.74, 6) is 2.28. The van der Waals surface area contributed by atoms with Gasteiger partial charge in [-0.3, -0.25) is 0 Å². The van der Waals surface area contributed by atoms with Gasteiger partial charge < -0.3 is 14.2 Å². The molecule has 0 amide bonds. The van der Waals surface area contributed by atoms with Crippen LogP contribution in [0, 0.1) is 11.8 Å². The van der Waals surface area contributed by atoms with Crippen LogP contribution in [0.15, 0.2) is 96.6 Å².